The Hall–Kier alpha value is -0.170. The second-order valence-corrected chi connectivity index (χ2v) is 7.95. The molecule has 4 unspecified atom stereocenters. The van der Waals surface area contributed by atoms with E-state index >= 15 is 0 Å². The normalized spacial score (nSPS) is 52.1. The summed E-state index contributed by atoms with van der Waals surface area (Å²) in [4.78, 5) is 0. The zero-order chi connectivity index (χ0) is 12.3. The maximum Gasteiger partial charge on any atom is 0.153 e. The molecule has 3 fully saturated rings. The number of hydrogen-bond acceptors (Lipinski definition) is 5. The Morgan fingerprint density at radius 1 is 1.41 bits per heavy atom. The number of aliphatic hydroxyl groups is 1. The molecule has 0 aromatic carbocycles. The van der Waals surface area contributed by atoms with E-state index in [1.165, 1.54) is 0 Å². The fraction of sp³-hybridized carbons (Fsp3) is 1.00. The lowest BCUT2D eigenvalue weighted by molar-refractivity contribution is -0.0932. The highest BCUT2D eigenvalue weighted by Crippen LogP contribution is 2.55. The molecule has 0 spiro atoms. The first-order valence-corrected chi connectivity index (χ1v) is 8.01. The third-order valence-corrected chi connectivity index (χ3v) is 6.64. The van der Waals surface area contributed by atoms with Crippen LogP contribution in [0.1, 0.15) is 25.7 Å². The Morgan fingerprint density at radius 3 is 2.59 bits per heavy atom. The molecule has 0 radical (unpaired) electrons. The minimum absolute atomic E-state index is 0.0594. The van der Waals surface area contributed by atoms with Gasteiger partial charge in [-0.2, -0.15) is 0 Å². The van der Waals surface area contributed by atoms with Crippen LogP contribution in [0.15, 0.2) is 0 Å². The average Bonchev–Trinajstić information content (AvgIpc) is 2.91. The summed E-state index contributed by atoms with van der Waals surface area (Å²) in [5.74, 6) is -0.0770. The number of fused-ring (bicyclic) bond motifs is 2. The summed E-state index contributed by atoms with van der Waals surface area (Å²) in [6.07, 6.45) is 3.02. The highest BCUT2D eigenvalue weighted by molar-refractivity contribution is 7.91. The van der Waals surface area contributed by atoms with Gasteiger partial charge in [0.15, 0.2) is 9.84 Å². The predicted molar refractivity (Wildman–Crippen MR) is 62.2 cm³/mol. The molecule has 3 saturated heterocycles. The number of sulfone groups is 1. The molecule has 4 atom stereocenters. The van der Waals surface area contributed by atoms with Gasteiger partial charge in [0.2, 0.25) is 0 Å². The molecule has 5 nitrogen and oxygen atoms in total. The molecule has 0 aliphatic carbocycles. The van der Waals surface area contributed by atoms with Crippen molar-refractivity contribution in [1.29, 1.82) is 0 Å². The lowest BCUT2D eigenvalue weighted by Crippen LogP contribution is -2.58. The van der Waals surface area contributed by atoms with E-state index in [-0.39, 0.29) is 23.7 Å². The van der Waals surface area contributed by atoms with Gasteiger partial charge in [-0.25, -0.2) is 8.42 Å². The molecule has 0 saturated carbocycles. The Balaban J connectivity index is 1.97. The van der Waals surface area contributed by atoms with Crippen molar-refractivity contribution in [3.63, 3.8) is 0 Å². The SMILES string of the molecule is NCC1(C2(O)CCS(=O)(=O)C2)CC2CCC1O2. The minimum Gasteiger partial charge on any atom is -0.388 e. The standard InChI is InChI=1S/C11H19NO4S/c12-6-10(5-8-1-2-9(10)16-8)11(13)3-4-17(14,15)7-11/h8-9,13H,1-7,12H2. The molecule has 6 heteroatoms. The zero-order valence-corrected chi connectivity index (χ0v) is 10.6. The van der Waals surface area contributed by atoms with E-state index in [4.69, 9.17) is 10.5 Å². The molecule has 3 rings (SSSR count). The van der Waals surface area contributed by atoms with Gasteiger partial charge in [-0.05, 0) is 25.7 Å². The molecule has 3 heterocycles. The fourth-order valence-corrected chi connectivity index (χ4v) is 5.87. The molecule has 98 valence electrons. The van der Waals surface area contributed by atoms with Gasteiger partial charge in [0.05, 0.1) is 29.3 Å². The van der Waals surface area contributed by atoms with Crippen molar-refractivity contribution in [2.75, 3.05) is 18.1 Å². The molecule has 0 aromatic heterocycles. The van der Waals surface area contributed by atoms with E-state index in [9.17, 15) is 13.5 Å². The van der Waals surface area contributed by atoms with Crippen LogP contribution < -0.4 is 5.73 Å². The molecule has 2 bridgehead atoms. The van der Waals surface area contributed by atoms with Gasteiger partial charge in [0, 0.05) is 12.0 Å². The smallest absolute Gasteiger partial charge is 0.153 e. The number of nitrogens with two attached hydrogens (primary N) is 1. The Bertz CT molecular complexity index is 437. The maximum atomic E-state index is 11.6. The Labute approximate surface area is 101 Å². The third kappa shape index (κ3) is 1.51. The van der Waals surface area contributed by atoms with Crippen molar-refractivity contribution in [1.82, 2.24) is 0 Å². The van der Waals surface area contributed by atoms with Crippen LogP contribution in [0.25, 0.3) is 0 Å². The van der Waals surface area contributed by atoms with Crippen LogP contribution in [0.2, 0.25) is 0 Å². The van der Waals surface area contributed by atoms with Crippen molar-refractivity contribution in [2.45, 2.75) is 43.5 Å². The second-order valence-electron chi connectivity index (χ2n) is 5.76. The topological polar surface area (TPSA) is 89.6 Å². The molecule has 3 N–H and O–H groups in total. The second kappa shape index (κ2) is 3.44. The lowest BCUT2D eigenvalue weighted by Gasteiger charge is -2.45. The van der Waals surface area contributed by atoms with Crippen molar-refractivity contribution < 1.29 is 18.3 Å². The highest BCUT2D eigenvalue weighted by Gasteiger charge is 2.64. The first-order valence-electron chi connectivity index (χ1n) is 6.19. The minimum atomic E-state index is -3.12. The van der Waals surface area contributed by atoms with Crippen molar-refractivity contribution in [2.24, 2.45) is 11.1 Å². The van der Waals surface area contributed by atoms with E-state index < -0.39 is 20.9 Å². The largest absolute Gasteiger partial charge is 0.388 e. The molecular formula is C11H19NO4S. The summed E-state index contributed by atoms with van der Waals surface area (Å²) in [7, 11) is -3.12. The Kier molecular flexibility index (Phi) is 2.40. The van der Waals surface area contributed by atoms with Gasteiger partial charge in [-0.3, -0.25) is 0 Å². The lowest BCUT2D eigenvalue weighted by atomic mass is 9.63. The van der Waals surface area contributed by atoms with E-state index in [0.717, 1.165) is 12.8 Å². The van der Waals surface area contributed by atoms with Gasteiger partial charge in [0.25, 0.3) is 0 Å². The molecule has 3 aliphatic heterocycles. The Morgan fingerprint density at radius 2 is 2.18 bits per heavy atom. The van der Waals surface area contributed by atoms with Crippen molar-refractivity contribution in [3.05, 3.63) is 0 Å². The van der Waals surface area contributed by atoms with Gasteiger partial charge >= 0.3 is 0 Å². The van der Waals surface area contributed by atoms with Crippen molar-refractivity contribution >= 4 is 9.84 Å². The van der Waals surface area contributed by atoms with Crippen molar-refractivity contribution in [3.8, 4) is 0 Å². The van der Waals surface area contributed by atoms with Crippen LogP contribution in [-0.2, 0) is 14.6 Å². The third-order valence-electron chi connectivity index (χ3n) is 4.89. The average molecular weight is 261 g/mol. The summed E-state index contributed by atoms with van der Waals surface area (Å²) >= 11 is 0. The summed E-state index contributed by atoms with van der Waals surface area (Å²) in [6, 6.07) is 0. The molecule has 17 heavy (non-hydrogen) atoms. The number of ether oxygens (including phenoxy) is 1. The molecule has 3 aliphatic rings. The molecule has 0 amide bonds. The fourth-order valence-electron chi connectivity index (χ4n) is 3.92. The molecular weight excluding hydrogens is 242 g/mol. The summed E-state index contributed by atoms with van der Waals surface area (Å²) in [6.45, 7) is 0.306. The van der Waals surface area contributed by atoms with Crippen LogP contribution in [0, 0.1) is 5.41 Å². The van der Waals surface area contributed by atoms with E-state index in [1.807, 2.05) is 0 Å². The van der Waals surface area contributed by atoms with Gasteiger partial charge < -0.3 is 15.6 Å². The predicted octanol–water partition coefficient (Wildman–Crippen LogP) is -0.568. The number of hydrogen-bond donors (Lipinski definition) is 2. The van der Waals surface area contributed by atoms with Gasteiger partial charge in [-0.1, -0.05) is 0 Å². The quantitative estimate of drug-likeness (QED) is 0.695. The van der Waals surface area contributed by atoms with E-state index in [0.29, 0.717) is 19.4 Å². The monoisotopic (exact) mass is 261 g/mol. The van der Waals surface area contributed by atoms with E-state index in [2.05, 4.69) is 0 Å². The summed E-state index contributed by atoms with van der Waals surface area (Å²) < 4.78 is 29.0. The molecule has 0 aromatic rings. The first-order chi connectivity index (χ1) is 7.91. The summed E-state index contributed by atoms with van der Waals surface area (Å²) in [5.41, 5.74) is 4.15. The van der Waals surface area contributed by atoms with Crippen LogP contribution in [0.3, 0.4) is 0 Å². The highest BCUT2D eigenvalue weighted by atomic mass is 32.2. The van der Waals surface area contributed by atoms with Crippen LogP contribution in [0.4, 0.5) is 0 Å². The first kappa shape index (κ1) is 11.9. The van der Waals surface area contributed by atoms with Crippen LogP contribution >= 0.6 is 0 Å². The number of rotatable bonds is 2. The van der Waals surface area contributed by atoms with Gasteiger partial charge in [-0.15, -0.1) is 0 Å². The summed E-state index contributed by atoms with van der Waals surface area (Å²) in [5, 5.41) is 10.8. The van der Waals surface area contributed by atoms with Crippen LogP contribution in [0.5, 0.6) is 0 Å². The maximum absolute atomic E-state index is 11.6. The van der Waals surface area contributed by atoms with Gasteiger partial charge in [0.1, 0.15) is 0 Å². The van der Waals surface area contributed by atoms with E-state index in [1.54, 1.807) is 0 Å². The van der Waals surface area contributed by atoms with Crippen LogP contribution in [-0.4, -0.2) is 49.4 Å². The zero-order valence-electron chi connectivity index (χ0n) is 9.76.